The second-order valence-electron chi connectivity index (χ2n) is 3.83. The van der Waals surface area contributed by atoms with E-state index in [0.717, 1.165) is 0 Å². The average Bonchev–Trinajstić information content (AvgIpc) is 2.76. The van der Waals surface area contributed by atoms with E-state index in [4.69, 9.17) is 5.11 Å². The lowest BCUT2D eigenvalue weighted by Gasteiger charge is -2.24. The summed E-state index contributed by atoms with van der Waals surface area (Å²) in [6.07, 6.45) is 3.19. The normalized spacial score (nSPS) is 11.9. The Morgan fingerprint density at radius 2 is 2.29 bits per heavy atom. The van der Waals surface area contributed by atoms with E-state index in [1.165, 1.54) is 24.5 Å². The summed E-state index contributed by atoms with van der Waals surface area (Å²) in [6, 6.07) is -0.931. The number of carbonyl (C=O) groups excluding carboxylic acids is 1. The van der Waals surface area contributed by atoms with Crippen LogP contribution in [0.5, 0.6) is 0 Å². The van der Waals surface area contributed by atoms with E-state index in [0.29, 0.717) is 11.3 Å². The van der Waals surface area contributed by atoms with Crippen molar-refractivity contribution in [3.05, 3.63) is 30.4 Å². The highest BCUT2D eigenvalue weighted by Gasteiger charge is 2.27. The molecule has 0 radical (unpaired) electrons. The monoisotopic (exact) mass is 237 g/mol. The van der Waals surface area contributed by atoms with Crippen LogP contribution in [-0.4, -0.2) is 44.9 Å². The second kappa shape index (κ2) is 5.29. The first-order valence-electron chi connectivity index (χ1n) is 5.06. The summed E-state index contributed by atoms with van der Waals surface area (Å²) < 4.78 is 0. The van der Waals surface area contributed by atoms with Gasteiger partial charge in [0.15, 0.2) is 0 Å². The minimum atomic E-state index is -1.06. The molecule has 6 nitrogen and oxygen atoms in total. The van der Waals surface area contributed by atoms with Crippen LogP contribution in [0.2, 0.25) is 0 Å². The molecule has 1 rings (SSSR count). The highest BCUT2D eigenvalue weighted by atomic mass is 16.4. The van der Waals surface area contributed by atoms with Crippen LogP contribution in [0.3, 0.4) is 0 Å². The summed E-state index contributed by atoms with van der Waals surface area (Å²) in [4.78, 5) is 30.6. The molecule has 0 aliphatic heterocycles. The second-order valence-corrected chi connectivity index (χ2v) is 3.83. The van der Waals surface area contributed by atoms with Crippen molar-refractivity contribution in [3.8, 4) is 0 Å². The summed E-state index contributed by atoms with van der Waals surface area (Å²) in [6.45, 7) is 5.06. The SMILES string of the molecule is C=C(C)C(=O)N(C)[C@@H](Cc1cnc[nH]1)C(=O)O. The smallest absolute Gasteiger partial charge is 0.326 e. The lowest BCUT2D eigenvalue weighted by atomic mass is 10.1. The number of hydrogen-bond donors (Lipinski definition) is 2. The van der Waals surface area contributed by atoms with Gasteiger partial charge in [0.2, 0.25) is 5.91 Å². The number of aromatic amines is 1. The van der Waals surface area contributed by atoms with Gasteiger partial charge in [0.25, 0.3) is 0 Å². The van der Waals surface area contributed by atoms with Gasteiger partial charge in [0, 0.05) is 30.9 Å². The molecule has 0 aromatic carbocycles. The lowest BCUT2D eigenvalue weighted by Crippen LogP contribution is -2.44. The van der Waals surface area contributed by atoms with Gasteiger partial charge in [0.05, 0.1) is 6.33 Å². The van der Waals surface area contributed by atoms with Crippen molar-refractivity contribution in [2.75, 3.05) is 7.05 Å². The molecule has 1 atom stereocenters. The highest BCUT2D eigenvalue weighted by Crippen LogP contribution is 2.08. The van der Waals surface area contributed by atoms with Crippen molar-refractivity contribution < 1.29 is 14.7 Å². The Morgan fingerprint density at radius 1 is 1.65 bits per heavy atom. The molecule has 0 aliphatic carbocycles. The molecule has 1 aromatic heterocycles. The molecule has 17 heavy (non-hydrogen) atoms. The number of H-pyrrole nitrogens is 1. The molecule has 0 saturated heterocycles. The minimum absolute atomic E-state index is 0.185. The van der Waals surface area contributed by atoms with Crippen molar-refractivity contribution in [1.82, 2.24) is 14.9 Å². The fourth-order valence-corrected chi connectivity index (χ4v) is 1.44. The molecule has 6 heteroatoms. The Labute approximate surface area is 99.0 Å². The number of carboxylic acid groups (broad SMARTS) is 1. The molecule has 1 amide bonds. The predicted octanol–water partition coefficient (Wildman–Crippen LogP) is 0.440. The quantitative estimate of drug-likeness (QED) is 0.727. The third kappa shape index (κ3) is 3.17. The summed E-state index contributed by atoms with van der Waals surface area (Å²) >= 11 is 0. The van der Waals surface area contributed by atoms with Crippen LogP contribution in [0.1, 0.15) is 12.6 Å². The number of rotatable bonds is 5. The van der Waals surface area contributed by atoms with Gasteiger partial charge >= 0.3 is 5.97 Å². The maximum atomic E-state index is 11.7. The first kappa shape index (κ1) is 13.0. The number of aliphatic carboxylic acids is 1. The van der Waals surface area contributed by atoms with E-state index < -0.39 is 12.0 Å². The van der Waals surface area contributed by atoms with Gasteiger partial charge in [-0.15, -0.1) is 0 Å². The molecule has 0 fully saturated rings. The minimum Gasteiger partial charge on any atom is -0.480 e. The van der Waals surface area contributed by atoms with Crippen molar-refractivity contribution in [3.63, 3.8) is 0 Å². The Bertz CT molecular complexity index is 425. The standard InChI is InChI=1S/C11H15N3O3/c1-7(2)10(15)14(3)9(11(16)17)4-8-5-12-6-13-8/h5-6,9H,1,4H2,2-3H3,(H,12,13)(H,16,17)/t9-/m0/s1. The molecule has 0 bridgehead atoms. The van der Waals surface area contributed by atoms with E-state index in [9.17, 15) is 9.59 Å². The number of hydrogen-bond acceptors (Lipinski definition) is 3. The van der Waals surface area contributed by atoms with Crippen LogP contribution in [0, 0.1) is 0 Å². The number of likely N-dealkylation sites (N-methyl/N-ethyl adjacent to an activating group) is 1. The van der Waals surface area contributed by atoms with Gasteiger partial charge in [-0.1, -0.05) is 6.58 Å². The van der Waals surface area contributed by atoms with E-state index in [2.05, 4.69) is 16.5 Å². The summed E-state index contributed by atoms with van der Waals surface area (Å²) in [7, 11) is 1.45. The van der Waals surface area contributed by atoms with Crippen LogP contribution >= 0.6 is 0 Å². The average molecular weight is 237 g/mol. The van der Waals surface area contributed by atoms with Crippen molar-refractivity contribution in [2.24, 2.45) is 0 Å². The van der Waals surface area contributed by atoms with Gasteiger partial charge < -0.3 is 15.0 Å². The Kier molecular flexibility index (Phi) is 4.03. The molecule has 0 spiro atoms. The van der Waals surface area contributed by atoms with E-state index in [1.807, 2.05) is 0 Å². The molecule has 0 aliphatic rings. The molecule has 0 unspecified atom stereocenters. The number of imidazole rings is 1. The largest absolute Gasteiger partial charge is 0.480 e. The van der Waals surface area contributed by atoms with Crippen LogP contribution in [-0.2, 0) is 16.0 Å². The Morgan fingerprint density at radius 3 is 2.71 bits per heavy atom. The molecule has 1 heterocycles. The molecule has 2 N–H and O–H groups in total. The molecular formula is C11H15N3O3. The van der Waals surface area contributed by atoms with Crippen molar-refractivity contribution in [1.29, 1.82) is 0 Å². The van der Waals surface area contributed by atoms with Gasteiger partial charge in [-0.25, -0.2) is 9.78 Å². The van der Waals surface area contributed by atoms with E-state index in [-0.39, 0.29) is 12.3 Å². The zero-order chi connectivity index (χ0) is 13.0. The predicted molar refractivity (Wildman–Crippen MR) is 61.3 cm³/mol. The van der Waals surface area contributed by atoms with Crippen molar-refractivity contribution >= 4 is 11.9 Å². The Hall–Kier alpha value is -2.11. The summed E-state index contributed by atoms with van der Waals surface area (Å²) in [5.74, 6) is -1.44. The summed E-state index contributed by atoms with van der Waals surface area (Å²) in [5.41, 5.74) is 0.974. The molecular weight excluding hydrogens is 222 g/mol. The maximum absolute atomic E-state index is 11.7. The fourth-order valence-electron chi connectivity index (χ4n) is 1.44. The maximum Gasteiger partial charge on any atom is 0.326 e. The van der Waals surface area contributed by atoms with E-state index in [1.54, 1.807) is 6.92 Å². The number of aromatic nitrogens is 2. The molecule has 1 aromatic rings. The number of carbonyl (C=O) groups is 2. The van der Waals surface area contributed by atoms with E-state index >= 15 is 0 Å². The van der Waals surface area contributed by atoms with Gasteiger partial charge in [-0.3, -0.25) is 4.79 Å². The van der Waals surface area contributed by atoms with Gasteiger partial charge in [-0.2, -0.15) is 0 Å². The summed E-state index contributed by atoms with van der Waals surface area (Å²) in [5, 5.41) is 9.12. The molecule has 0 saturated carbocycles. The number of amides is 1. The number of nitrogens with one attached hydrogen (secondary N) is 1. The topological polar surface area (TPSA) is 86.3 Å². The third-order valence-electron chi connectivity index (χ3n) is 2.41. The van der Waals surface area contributed by atoms with Crippen LogP contribution in [0.15, 0.2) is 24.7 Å². The first-order valence-corrected chi connectivity index (χ1v) is 5.06. The Balaban J connectivity index is 2.82. The number of nitrogens with zero attached hydrogens (tertiary/aromatic N) is 2. The molecule has 92 valence electrons. The zero-order valence-corrected chi connectivity index (χ0v) is 9.80. The van der Waals surface area contributed by atoms with Crippen LogP contribution < -0.4 is 0 Å². The number of carboxylic acids is 1. The van der Waals surface area contributed by atoms with Crippen molar-refractivity contribution in [2.45, 2.75) is 19.4 Å². The van der Waals surface area contributed by atoms with Gasteiger partial charge in [0.1, 0.15) is 6.04 Å². The third-order valence-corrected chi connectivity index (χ3v) is 2.41. The zero-order valence-electron chi connectivity index (χ0n) is 9.80. The van der Waals surface area contributed by atoms with Gasteiger partial charge in [-0.05, 0) is 6.92 Å². The highest BCUT2D eigenvalue weighted by molar-refractivity contribution is 5.94. The fraction of sp³-hybridized carbons (Fsp3) is 0.364. The van der Waals surface area contributed by atoms with Crippen LogP contribution in [0.4, 0.5) is 0 Å². The lowest BCUT2D eigenvalue weighted by molar-refractivity contribution is -0.147. The van der Waals surface area contributed by atoms with Crippen LogP contribution in [0.25, 0.3) is 0 Å². The first-order chi connectivity index (χ1) is 7.93.